The molecule has 0 saturated carbocycles. The van der Waals surface area contributed by atoms with Crippen molar-refractivity contribution in [2.45, 2.75) is 25.9 Å². The Balaban J connectivity index is 2.21. The van der Waals surface area contributed by atoms with E-state index in [2.05, 4.69) is 17.6 Å². The van der Waals surface area contributed by atoms with Crippen molar-refractivity contribution in [3.8, 4) is 0 Å². The van der Waals surface area contributed by atoms with Gasteiger partial charge in [-0.2, -0.15) is 0 Å². The largest absolute Gasteiger partial charge is 0.357 e. The lowest BCUT2D eigenvalue weighted by atomic mass is 10.1. The number of nitrogens with zero attached hydrogens (tertiary/aromatic N) is 2. The number of nitrogens with one attached hydrogen (secondary N) is 2. The minimum absolute atomic E-state index is 0.0708. The van der Waals surface area contributed by atoms with E-state index in [9.17, 15) is 9.59 Å². The van der Waals surface area contributed by atoms with Crippen LogP contribution in [0, 0.1) is 0 Å². The van der Waals surface area contributed by atoms with E-state index in [1.54, 1.807) is 11.9 Å². The highest BCUT2D eigenvalue weighted by molar-refractivity contribution is 5.96. The molecule has 2 N–H and O–H groups in total. The van der Waals surface area contributed by atoms with Gasteiger partial charge < -0.3 is 20.1 Å². The molecule has 1 aromatic heterocycles. The van der Waals surface area contributed by atoms with Crippen molar-refractivity contribution >= 4 is 11.8 Å². The third kappa shape index (κ3) is 2.85. The molecule has 0 aromatic carbocycles. The van der Waals surface area contributed by atoms with Gasteiger partial charge in [0, 0.05) is 39.4 Å². The third-order valence-corrected chi connectivity index (χ3v) is 3.57. The summed E-state index contributed by atoms with van der Waals surface area (Å²) in [5, 5.41) is 5.78. The Kier molecular flexibility index (Phi) is 4.79. The first-order chi connectivity index (χ1) is 9.69. The van der Waals surface area contributed by atoms with Crippen LogP contribution in [0.25, 0.3) is 0 Å². The summed E-state index contributed by atoms with van der Waals surface area (Å²) in [6.07, 6.45) is 2.88. The van der Waals surface area contributed by atoms with Crippen molar-refractivity contribution in [3.63, 3.8) is 0 Å². The first-order valence-electron chi connectivity index (χ1n) is 7.07. The highest BCUT2D eigenvalue weighted by Crippen LogP contribution is 2.12. The van der Waals surface area contributed by atoms with E-state index < -0.39 is 6.04 Å². The molecule has 110 valence electrons. The Bertz CT molecular complexity index is 483. The second-order valence-corrected chi connectivity index (χ2v) is 4.92. The van der Waals surface area contributed by atoms with E-state index in [0.29, 0.717) is 25.3 Å². The van der Waals surface area contributed by atoms with Crippen LogP contribution < -0.4 is 10.6 Å². The number of carbonyl (C=O) groups is 2. The summed E-state index contributed by atoms with van der Waals surface area (Å²) < 4.78 is 1.95. The zero-order valence-electron chi connectivity index (χ0n) is 12.1. The number of carbonyl (C=O) groups excluding carboxylic acids is 2. The smallest absolute Gasteiger partial charge is 0.271 e. The zero-order chi connectivity index (χ0) is 14.5. The molecular formula is C14H22N4O2. The summed E-state index contributed by atoms with van der Waals surface area (Å²) in [5.41, 5.74) is 0.655. The Morgan fingerprint density at radius 2 is 2.30 bits per heavy atom. The topological polar surface area (TPSA) is 66.4 Å². The first kappa shape index (κ1) is 14.6. The number of aryl methyl sites for hydroxylation is 1. The summed E-state index contributed by atoms with van der Waals surface area (Å²) in [7, 11) is 1.60. The van der Waals surface area contributed by atoms with Gasteiger partial charge in [-0.15, -0.1) is 0 Å². The molecule has 0 spiro atoms. The highest BCUT2D eigenvalue weighted by Gasteiger charge is 2.32. The van der Waals surface area contributed by atoms with E-state index in [4.69, 9.17) is 0 Å². The van der Waals surface area contributed by atoms with Crippen LogP contribution in [0.5, 0.6) is 0 Å². The van der Waals surface area contributed by atoms with Gasteiger partial charge in [0.2, 0.25) is 5.91 Å². The standard InChI is InChI=1S/C14H22N4O2/c1-3-7-17-8-4-5-11(17)14(20)18-9-6-16-10-12(18)13(19)15-2/h4-5,8,12,16H,3,6-7,9-10H2,1-2H3,(H,15,19). The molecule has 2 heterocycles. The predicted octanol–water partition coefficient (Wildman–Crippen LogP) is 0.0581. The molecule has 6 heteroatoms. The number of aromatic nitrogens is 1. The van der Waals surface area contributed by atoms with Crippen molar-refractivity contribution in [2.24, 2.45) is 0 Å². The van der Waals surface area contributed by atoms with Crippen LogP contribution >= 0.6 is 0 Å². The maximum Gasteiger partial charge on any atom is 0.271 e. The molecule has 1 saturated heterocycles. The highest BCUT2D eigenvalue weighted by atomic mass is 16.2. The number of rotatable bonds is 4. The number of amides is 2. The first-order valence-corrected chi connectivity index (χ1v) is 7.07. The fraction of sp³-hybridized carbons (Fsp3) is 0.571. The van der Waals surface area contributed by atoms with Crippen molar-refractivity contribution in [2.75, 3.05) is 26.7 Å². The quantitative estimate of drug-likeness (QED) is 0.818. The van der Waals surface area contributed by atoms with Gasteiger partial charge in [-0.3, -0.25) is 9.59 Å². The van der Waals surface area contributed by atoms with Gasteiger partial charge in [0.25, 0.3) is 5.91 Å². The van der Waals surface area contributed by atoms with Gasteiger partial charge >= 0.3 is 0 Å². The Labute approximate surface area is 119 Å². The van der Waals surface area contributed by atoms with Crippen LogP contribution in [-0.4, -0.2) is 54.0 Å². The molecule has 0 aliphatic carbocycles. The molecule has 20 heavy (non-hydrogen) atoms. The van der Waals surface area contributed by atoms with Crippen LogP contribution in [0.3, 0.4) is 0 Å². The lowest BCUT2D eigenvalue weighted by Crippen LogP contribution is -2.59. The molecule has 6 nitrogen and oxygen atoms in total. The fourth-order valence-electron chi connectivity index (χ4n) is 2.54. The molecule has 1 aliphatic heterocycles. The summed E-state index contributed by atoms with van der Waals surface area (Å²) >= 11 is 0. The molecule has 0 radical (unpaired) electrons. The van der Waals surface area contributed by atoms with Gasteiger partial charge in [0.15, 0.2) is 0 Å². The van der Waals surface area contributed by atoms with Crippen LogP contribution in [0.4, 0.5) is 0 Å². The zero-order valence-corrected chi connectivity index (χ0v) is 12.1. The molecule has 0 bridgehead atoms. The van der Waals surface area contributed by atoms with E-state index >= 15 is 0 Å². The summed E-state index contributed by atoms with van der Waals surface area (Å²) in [5.74, 6) is -0.197. The summed E-state index contributed by atoms with van der Waals surface area (Å²) in [6, 6.07) is 3.26. The third-order valence-electron chi connectivity index (χ3n) is 3.57. The maximum atomic E-state index is 12.7. The number of likely N-dealkylation sites (N-methyl/N-ethyl adjacent to an activating group) is 1. The SMILES string of the molecule is CCCn1cccc1C(=O)N1CCNCC1C(=O)NC. The van der Waals surface area contributed by atoms with E-state index in [1.165, 1.54) is 0 Å². The Morgan fingerprint density at radius 1 is 1.50 bits per heavy atom. The molecule has 1 unspecified atom stereocenters. The molecular weight excluding hydrogens is 256 g/mol. The minimum atomic E-state index is -0.439. The minimum Gasteiger partial charge on any atom is -0.357 e. The van der Waals surface area contributed by atoms with Crippen LogP contribution in [0.1, 0.15) is 23.8 Å². The second kappa shape index (κ2) is 6.56. The molecule has 1 fully saturated rings. The normalized spacial score (nSPS) is 18.9. The van der Waals surface area contributed by atoms with Crippen LogP contribution in [-0.2, 0) is 11.3 Å². The summed E-state index contributed by atoms with van der Waals surface area (Å²) in [4.78, 5) is 26.3. The van der Waals surface area contributed by atoms with Gasteiger partial charge in [-0.05, 0) is 18.6 Å². The van der Waals surface area contributed by atoms with Crippen molar-refractivity contribution < 1.29 is 9.59 Å². The van der Waals surface area contributed by atoms with Gasteiger partial charge in [0.1, 0.15) is 11.7 Å². The average molecular weight is 278 g/mol. The lowest BCUT2D eigenvalue weighted by molar-refractivity contribution is -0.125. The lowest BCUT2D eigenvalue weighted by Gasteiger charge is -2.35. The van der Waals surface area contributed by atoms with Gasteiger partial charge in [-0.25, -0.2) is 0 Å². The Hall–Kier alpha value is -1.82. The number of hydrogen-bond donors (Lipinski definition) is 2. The number of piperazine rings is 1. The Morgan fingerprint density at radius 3 is 3.00 bits per heavy atom. The average Bonchev–Trinajstić information content (AvgIpc) is 2.94. The fourth-order valence-corrected chi connectivity index (χ4v) is 2.54. The molecule has 1 atom stereocenters. The molecule has 2 amide bonds. The maximum absolute atomic E-state index is 12.7. The molecule has 1 aliphatic rings. The second-order valence-electron chi connectivity index (χ2n) is 4.92. The van der Waals surface area contributed by atoms with Gasteiger partial charge in [-0.1, -0.05) is 6.92 Å². The van der Waals surface area contributed by atoms with Crippen molar-refractivity contribution in [3.05, 3.63) is 24.0 Å². The van der Waals surface area contributed by atoms with Crippen LogP contribution in [0.2, 0.25) is 0 Å². The van der Waals surface area contributed by atoms with Crippen molar-refractivity contribution in [1.29, 1.82) is 0 Å². The number of hydrogen-bond acceptors (Lipinski definition) is 3. The van der Waals surface area contributed by atoms with E-state index in [-0.39, 0.29) is 11.8 Å². The van der Waals surface area contributed by atoms with E-state index in [0.717, 1.165) is 13.0 Å². The van der Waals surface area contributed by atoms with Crippen molar-refractivity contribution in [1.82, 2.24) is 20.1 Å². The summed E-state index contributed by atoms with van der Waals surface area (Å²) in [6.45, 7) is 4.65. The van der Waals surface area contributed by atoms with E-state index in [1.807, 2.05) is 22.9 Å². The molecule has 1 aromatic rings. The van der Waals surface area contributed by atoms with Crippen LogP contribution in [0.15, 0.2) is 18.3 Å². The molecule has 2 rings (SSSR count). The van der Waals surface area contributed by atoms with Gasteiger partial charge in [0.05, 0.1) is 0 Å². The predicted molar refractivity (Wildman–Crippen MR) is 76.5 cm³/mol. The monoisotopic (exact) mass is 278 g/mol.